The molecule has 5 heteroatoms. The number of hydrogen-bond donors (Lipinski definition) is 3. The summed E-state index contributed by atoms with van der Waals surface area (Å²) in [6.07, 6.45) is 0.678. The van der Waals surface area contributed by atoms with Crippen LogP contribution < -0.4 is 10.6 Å². The number of carbonyl (C=O) groups is 1. The van der Waals surface area contributed by atoms with Crippen molar-refractivity contribution in [1.29, 1.82) is 0 Å². The van der Waals surface area contributed by atoms with Crippen molar-refractivity contribution in [3.8, 4) is 0 Å². The van der Waals surface area contributed by atoms with Gasteiger partial charge in [-0.05, 0) is 30.5 Å². The monoisotopic (exact) mass is 256 g/mol. The van der Waals surface area contributed by atoms with Crippen LogP contribution in [0.3, 0.4) is 0 Å². The second kappa shape index (κ2) is 7.14. The number of nitrogens with one attached hydrogen (secondary N) is 2. The van der Waals surface area contributed by atoms with Crippen LogP contribution in [0.2, 0.25) is 5.02 Å². The van der Waals surface area contributed by atoms with Gasteiger partial charge >= 0.3 is 6.03 Å². The Hall–Kier alpha value is -1.26. The summed E-state index contributed by atoms with van der Waals surface area (Å²) in [5, 5.41) is 14.7. The Morgan fingerprint density at radius 2 is 2.29 bits per heavy atom. The zero-order valence-corrected chi connectivity index (χ0v) is 10.5. The molecule has 17 heavy (non-hydrogen) atoms. The number of anilines is 1. The number of carbonyl (C=O) groups excluding carboxylic acids is 1. The number of urea groups is 1. The predicted molar refractivity (Wildman–Crippen MR) is 69.3 cm³/mol. The molecule has 0 aliphatic heterocycles. The van der Waals surface area contributed by atoms with E-state index in [2.05, 4.69) is 10.6 Å². The van der Waals surface area contributed by atoms with E-state index < -0.39 is 0 Å². The van der Waals surface area contributed by atoms with E-state index in [1.807, 2.05) is 6.92 Å². The molecule has 1 aromatic carbocycles. The average molecular weight is 257 g/mol. The minimum atomic E-state index is -0.267. The van der Waals surface area contributed by atoms with Crippen LogP contribution >= 0.6 is 11.6 Å². The Morgan fingerprint density at radius 1 is 1.53 bits per heavy atom. The quantitative estimate of drug-likeness (QED) is 0.758. The Morgan fingerprint density at radius 3 is 2.94 bits per heavy atom. The molecule has 0 fully saturated rings. The number of aliphatic hydroxyl groups is 1. The number of benzene rings is 1. The summed E-state index contributed by atoms with van der Waals surface area (Å²) in [6.45, 7) is 2.64. The van der Waals surface area contributed by atoms with Crippen LogP contribution in [0.1, 0.15) is 13.3 Å². The summed E-state index contributed by atoms with van der Waals surface area (Å²) < 4.78 is 0. The zero-order chi connectivity index (χ0) is 12.7. The first kappa shape index (κ1) is 13.8. The molecule has 0 aliphatic rings. The highest BCUT2D eigenvalue weighted by Crippen LogP contribution is 2.14. The van der Waals surface area contributed by atoms with Gasteiger partial charge < -0.3 is 15.7 Å². The van der Waals surface area contributed by atoms with Crippen molar-refractivity contribution in [3.63, 3.8) is 0 Å². The standard InChI is InChI=1S/C12H17ClN2O2/c1-9(5-6-16)8-14-12(17)15-11-4-2-3-10(13)7-11/h2-4,7,9,16H,5-6,8H2,1H3,(H2,14,15,17). The van der Waals surface area contributed by atoms with Crippen LogP contribution in [-0.2, 0) is 0 Å². The van der Waals surface area contributed by atoms with Gasteiger partial charge in [0.2, 0.25) is 0 Å². The summed E-state index contributed by atoms with van der Waals surface area (Å²) in [5.74, 6) is 0.255. The SMILES string of the molecule is CC(CCO)CNC(=O)Nc1cccc(Cl)c1. The third kappa shape index (κ3) is 5.56. The molecule has 0 aliphatic carbocycles. The van der Waals surface area contributed by atoms with E-state index in [1.165, 1.54) is 0 Å². The molecule has 2 amide bonds. The number of hydrogen-bond acceptors (Lipinski definition) is 2. The second-order valence-electron chi connectivity index (χ2n) is 3.96. The van der Waals surface area contributed by atoms with Crippen LogP contribution in [0.5, 0.6) is 0 Å². The van der Waals surface area contributed by atoms with Gasteiger partial charge in [0.25, 0.3) is 0 Å². The van der Waals surface area contributed by atoms with Gasteiger partial charge in [0.1, 0.15) is 0 Å². The zero-order valence-electron chi connectivity index (χ0n) is 9.74. The Balaban J connectivity index is 2.34. The van der Waals surface area contributed by atoms with Gasteiger partial charge in [-0.15, -0.1) is 0 Å². The fourth-order valence-corrected chi connectivity index (χ4v) is 1.52. The normalized spacial score (nSPS) is 11.9. The second-order valence-corrected chi connectivity index (χ2v) is 4.40. The lowest BCUT2D eigenvalue weighted by atomic mass is 10.1. The molecule has 1 rings (SSSR count). The van der Waals surface area contributed by atoms with Gasteiger partial charge in [0.05, 0.1) is 0 Å². The van der Waals surface area contributed by atoms with E-state index in [0.29, 0.717) is 23.7 Å². The lowest BCUT2D eigenvalue weighted by Gasteiger charge is -2.12. The first-order valence-corrected chi connectivity index (χ1v) is 5.91. The van der Waals surface area contributed by atoms with Crippen LogP contribution in [-0.4, -0.2) is 24.3 Å². The van der Waals surface area contributed by atoms with Gasteiger partial charge in [0, 0.05) is 23.9 Å². The van der Waals surface area contributed by atoms with Gasteiger partial charge in [-0.3, -0.25) is 0 Å². The fourth-order valence-electron chi connectivity index (χ4n) is 1.33. The lowest BCUT2D eigenvalue weighted by Crippen LogP contribution is -2.32. The molecule has 0 saturated carbocycles. The molecular formula is C12H17ClN2O2. The largest absolute Gasteiger partial charge is 0.396 e. The van der Waals surface area contributed by atoms with E-state index >= 15 is 0 Å². The first-order chi connectivity index (χ1) is 8.11. The molecule has 0 spiro atoms. The van der Waals surface area contributed by atoms with Crippen molar-refractivity contribution < 1.29 is 9.90 Å². The lowest BCUT2D eigenvalue weighted by molar-refractivity contribution is 0.243. The Bertz CT molecular complexity index is 371. The third-order valence-corrected chi connectivity index (χ3v) is 2.55. The van der Waals surface area contributed by atoms with Crippen molar-refractivity contribution >= 4 is 23.3 Å². The van der Waals surface area contributed by atoms with Crippen molar-refractivity contribution in [2.75, 3.05) is 18.5 Å². The number of rotatable bonds is 5. The summed E-state index contributed by atoms with van der Waals surface area (Å²) in [4.78, 5) is 11.5. The molecule has 1 aromatic rings. The summed E-state index contributed by atoms with van der Waals surface area (Å²) in [7, 11) is 0. The predicted octanol–water partition coefficient (Wildman–Crippen LogP) is 2.48. The molecule has 0 bridgehead atoms. The van der Waals surface area contributed by atoms with E-state index in [1.54, 1.807) is 24.3 Å². The van der Waals surface area contributed by atoms with Gasteiger partial charge in [-0.2, -0.15) is 0 Å². The highest BCUT2D eigenvalue weighted by Gasteiger charge is 2.05. The highest BCUT2D eigenvalue weighted by atomic mass is 35.5. The molecule has 0 heterocycles. The molecule has 0 radical (unpaired) electrons. The maximum absolute atomic E-state index is 11.5. The van der Waals surface area contributed by atoms with E-state index in [0.717, 1.165) is 0 Å². The maximum Gasteiger partial charge on any atom is 0.319 e. The summed E-state index contributed by atoms with van der Waals surface area (Å²) in [5.41, 5.74) is 0.657. The Labute approximate surface area is 106 Å². The number of amides is 2. The molecular weight excluding hydrogens is 240 g/mol. The first-order valence-electron chi connectivity index (χ1n) is 5.53. The topological polar surface area (TPSA) is 61.4 Å². The van der Waals surface area contributed by atoms with Crippen LogP contribution in [0.4, 0.5) is 10.5 Å². The van der Waals surface area contributed by atoms with Gasteiger partial charge in [-0.1, -0.05) is 24.6 Å². The fraction of sp³-hybridized carbons (Fsp3) is 0.417. The van der Waals surface area contributed by atoms with Crippen molar-refractivity contribution in [3.05, 3.63) is 29.3 Å². The highest BCUT2D eigenvalue weighted by molar-refractivity contribution is 6.30. The minimum Gasteiger partial charge on any atom is -0.396 e. The van der Waals surface area contributed by atoms with E-state index in [9.17, 15) is 4.79 Å². The molecule has 1 atom stereocenters. The molecule has 1 unspecified atom stereocenters. The smallest absolute Gasteiger partial charge is 0.319 e. The molecule has 4 nitrogen and oxygen atoms in total. The molecule has 0 aromatic heterocycles. The van der Waals surface area contributed by atoms with E-state index in [4.69, 9.17) is 16.7 Å². The molecule has 3 N–H and O–H groups in total. The summed E-state index contributed by atoms with van der Waals surface area (Å²) >= 11 is 5.80. The maximum atomic E-state index is 11.5. The van der Waals surface area contributed by atoms with Crippen LogP contribution in [0.15, 0.2) is 24.3 Å². The number of aliphatic hydroxyl groups excluding tert-OH is 1. The van der Waals surface area contributed by atoms with Crippen LogP contribution in [0.25, 0.3) is 0 Å². The van der Waals surface area contributed by atoms with Crippen molar-refractivity contribution in [2.45, 2.75) is 13.3 Å². The van der Waals surface area contributed by atoms with Gasteiger partial charge in [-0.25, -0.2) is 4.79 Å². The van der Waals surface area contributed by atoms with Crippen LogP contribution in [0, 0.1) is 5.92 Å². The van der Waals surface area contributed by atoms with E-state index in [-0.39, 0.29) is 18.6 Å². The molecule has 0 saturated heterocycles. The number of halogens is 1. The van der Waals surface area contributed by atoms with Crippen molar-refractivity contribution in [1.82, 2.24) is 5.32 Å². The van der Waals surface area contributed by atoms with Gasteiger partial charge in [0.15, 0.2) is 0 Å². The minimum absolute atomic E-state index is 0.138. The molecule has 94 valence electrons. The average Bonchev–Trinajstić information content (AvgIpc) is 2.27. The summed E-state index contributed by atoms with van der Waals surface area (Å²) in [6, 6.07) is 6.69. The third-order valence-electron chi connectivity index (χ3n) is 2.32. The van der Waals surface area contributed by atoms with Crippen molar-refractivity contribution in [2.24, 2.45) is 5.92 Å². The Kier molecular flexibility index (Phi) is 5.80.